The molecule has 0 N–H and O–H groups in total. The average Bonchev–Trinajstić information content (AvgIpc) is 2.01. The average molecular weight is 208 g/mol. The van der Waals surface area contributed by atoms with Crippen LogP contribution in [0.4, 0.5) is 0 Å². The van der Waals surface area contributed by atoms with Crippen LogP contribution in [0, 0.1) is 0 Å². The molecule has 0 radical (unpaired) electrons. The fourth-order valence-electron chi connectivity index (χ4n) is 0.948. The minimum atomic E-state index is -0.635. The first-order valence-electron chi connectivity index (χ1n) is 4.76. The Hall–Kier alpha value is 0.660. The third-order valence-electron chi connectivity index (χ3n) is 1.63. The second kappa shape index (κ2) is 8.27. The lowest BCUT2D eigenvalue weighted by Gasteiger charge is -2.12. The molecule has 12 heavy (non-hydrogen) atoms. The molecule has 0 amide bonds. The molecule has 0 aromatic heterocycles. The molecule has 0 aromatic carbocycles. The predicted octanol–water partition coefficient (Wildman–Crippen LogP) is 3.37. The normalized spacial score (nSPS) is 16.0. The molecule has 0 aliphatic heterocycles. The predicted molar refractivity (Wildman–Crippen MR) is 59.9 cm³/mol. The quantitative estimate of drug-likeness (QED) is 0.473. The Bertz CT molecular complexity index is 98.5. The van der Waals surface area contributed by atoms with Crippen LogP contribution in [0.25, 0.3) is 0 Å². The van der Waals surface area contributed by atoms with Gasteiger partial charge >= 0.3 is 0 Å². The SMILES string of the molecule is CCCC[S+]([O-])SC(C)CCC. The molecule has 0 saturated heterocycles. The van der Waals surface area contributed by atoms with E-state index in [9.17, 15) is 4.55 Å². The van der Waals surface area contributed by atoms with Crippen LogP contribution >= 0.6 is 10.8 Å². The van der Waals surface area contributed by atoms with Gasteiger partial charge < -0.3 is 4.55 Å². The van der Waals surface area contributed by atoms with Crippen molar-refractivity contribution in [1.82, 2.24) is 0 Å². The number of rotatable bonds is 7. The monoisotopic (exact) mass is 208 g/mol. The summed E-state index contributed by atoms with van der Waals surface area (Å²) in [4.78, 5) is 0. The summed E-state index contributed by atoms with van der Waals surface area (Å²) in [5, 5.41) is 0.563. The summed E-state index contributed by atoms with van der Waals surface area (Å²) < 4.78 is 11.4. The fraction of sp³-hybridized carbons (Fsp3) is 1.00. The van der Waals surface area contributed by atoms with Gasteiger partial charge in [-0.05, 0) is 19.8 Å². The van der Waals surface area contributed by atoms with Crippen LogP contribution in [0.15, 0.2) is 0 Å². The lowest BCUT2D eigenvalue weighted by atomic mass is 10.3. The molecule has 1 nitrogen and oxygen atoms in total. The number of unbranched alkanes of at least 4 members (excludes halogenated alkanes) is 1. The Morgan fingerprint density at radius 3 is 2.50 bits per heavy atom. The van der Waals surface area contributed by atoms with E-state index in [0.29, 0.717) is 5.25 Å². The van der Waals surface area contributed by atoms with E-state index in [-0.39, 0.29) is 0 Å². The molecule has 3 heteroatoms. The zero-order valence-electron chi connectivity index (χ0n) is 8.34. The summed E-state index contributed by atoms with van der Waals surface area (Å²) >= 11 is 0. The highest BCUT2D eigenvalue weighted by Crippen LogP contribution is 2.23. The minimum Gasteiger partial charge on any atom is -0.605 e. The Morgan fingerprint density at radius 1 is 1.33 bits per heavy atom. The van der Waals surface area contributed by atoms with E-state index < -0.39 is 10.2 Å². The lowest BCUT2D eigenvalue weighted by Crippen LogP contribution is -2.06. The third-order valence-corrected chi connectivity index (χ3v) is 5.16. The molecule has 0 rings (SSSR count). The van der Waals surface area contributed by atoms with E-state index in [1.54, 1.807) is 10.8 Å². The highest BCUT2D eigenvalue weighted by molar-refractivity contribution is 8.72. The van der Waals surface area contributed by atoms with Gasteiger partial charge in [0.25, 0.3) is 0 Å². The Morgan fingerprint density at radius 2 is 2.00 bits per heavy atom. The maximum absolute atomic E-state index is 11.4. The van der Waals surface area contributed by atoms with Crippen molar-refractivity contribution in [3.8, 4) is 0 Å². The Labute approximate surface area is 83.3 Å². The molecule has 0 saturated carbocycles. The van der Waals surface area contributed by atoms with Crippen molar-refractivity contribution in [2.24, 2.45) is 0 Å². The van der Waals surface area contributed by atoms with Crippen LogP contribution in [0.3, 0.4) is 0 Å². The van der Waals surface area contributed by atoms with E-state index >= 15 is 0 Å². The highest BCUT2D eigenvalue weighted by atomic mass is 33.1. The van der Waals surface area contributed by atoms with E-state index in [2.05, 4.69) is 20.8 Å². The molecule has 74 valence electrons. The van der Waals surface area contributed by atoms with Crippen molar-refractivity contribution in [2.45, 2.75) is 51.7 Å². The van der Waals surface area contributed by atoms with Gasteiger partial charge in [-0.25, -0.2) is 0 Å². The molecule has 2 atom stereocenters. The van der Waals surface area contributed by atoms with Gasteiger partial charge in [-0.1, -0.05) is 26.7 Å². The van der Waals surface area contributed by atoms with E-state index in [1.165, 1.54) is 12.8 Å². The molecule has 0 heterocycles. The second-order valence-corrected chi connectivity index (χ2v) is 6.76. The summed E-state index contributed by atoms with van der Waals surface area (Å²) in [6.07, 6.45) is 4.62. The van der Waals surface area contributed by atoms with Crippen molar-refractivity contribution < 1.29 is 4.55 Å². The molecule has 0 aromatic rings. The number of hydrogen-bond donors (Lipinski definition) is 0. The van der Waals surface area contributed by atoms with Gasteiger partial charge in [-0.3, -0.25) is 0 Å². The smallest absolute Gasteiger partial charge is 0.118 e. The maximum atomic E-state index is 11.4. The zero-order valence-corrected chi connectivity index (χ0v) is 9.97. The maximum Gasteiger partial charge on any atom is 0.118 e. The second-order valence-electron chi connectivity index (χ2n) is 3.06. The van der Waals surface area contributed by atoms with Crippen molar-refractivity contribution in [1.29, 1.82) is 0 Å². The van der Waals surface area contributed by atoms with Gasteiger partial charge in [0, 0.05) is 10.2 Å². The number of hydrogen-bond acceptors (Lipinski definition) is 2. The molecule has 0 fully saturated rings. The van der Waals surface area contributed by atoms with Crippen LogP contribution in [0.5, 0.6) is 0 Å². The van der Waals surface area contributed by atoms with Gasteiger partial charge in [-0.15, -0.1) is 0 Å². The Balaban J connectivity index is 3.33. The molecule has 0 aliphatic rings. The highest BCUT2D eigenvalue weighted by Gasteiger charge is 2.13. The molecular formula is C9H20OS2. The summed E-state index contributed by atoms with van der Waals surface area (Å²) in [6.45, 7) is 6.47. The fourth-order valence-corrected chi connectivity index (χ4v) is 4.30. The topological polar surface area (TPSA) is 23.1 Å². The first-order chi connectivity index (χ1) is 5.70. The first kappa shape index (κ1) is 12.7. The summed E-state index contributed by atoms with van der Waals surface area (Å²) in [6, 6.07) is 0. The molecule has 0 bridgehead atoms. The van der Waals surface area contributed by atoms with E-state index in [0.717, 1.165) is 18.6 Å². The molecule has 0 spiro atoms. The summed E-state index contributed by atoms with van der Waals surface area (Å²) in [5.41, 5.74) is 0. The van der Waals surface area contributed by atoms with Crippen LogP contribution in [0.1, 0.15) is 46.5 Å². The van der Waals surface area contributed by atoms with Gasteiger partial charge in [0.1, 0.15) is 5.75 Å². The van der Waals surface area contributed by atoms with Crippen LogP contribution in [-0.4, -0.2) is 15.6 Å². The van der Waals surface area contributed by atoms with Gasteiger partial charge in [0.2, 0.25) is 0 Å². The summed E-state index contributed by atoms with van der Waals surface area (Å²) in [7, 11) is 1.00. The molecule has 2 unspecified atom stereocenters. The van der Waals surface area contributed by atoms with Gasteiger partial charge in [-0.2, -0.15) is 0 Å². The Kier molecular flexibility index (Phi) is 8.72. The van der Waals surface area contributed by atoms with Crippen molar-refractivity contribution in [3.05, 3.63) is 0 Å². The molecular weight excluding hydrogens is 188 g/mol. The summed E-state index contributed by atoms with van der Waals surface area (Å²) in [5.74, 6) is 0.870. The van der Waals surface area contributed by atoms with Crippen molar-refractivity contribution >= 4 is 21.0 Å². The van der Waals surface area contributed by atoms with Crippen molar-refractivity contribution in [3.63, 3.8) is 0 Å². The van der Waals surface area contributed by atoms with Gasteiger partial charge in [0.15, 0.2) is 0 Å². The zero-order chi connectivity index (χ0) is 9.40. The lowest BCUT2D eigenvalue weighted by molar-refractivity contribution is 0.605. The van der Waals surface area contributed by atoms with Crippen molar-refractivity contribution in [2.75, 3.05) is 5.75 Å². The van der Waals surface area contributed by atoms with Crippen LogP contribution in [0.2, 0.25) is 0 Å². The minimum absolute atomic E-state index is 0.563. The third kappa shape index (κ3) is 7.32. The van der Waals surface area contributed by atoms with Gasteiger partial charge in [0.05, 0.1) is 16.0 Å². The van der Waals surface area contributed by atoms with E-state index in [4.69, 9.17) is 0 Å². The first-order valence-corrected chi connectivity index (χ1v) is 7.47. The van der Waals surface area contributed by atoms with Crippen LogP contribution in [-0.2, 0) is 10.2 Å². The largest absolute Gasteiger partial charge is 0.605 e. The van der Waals surface area contributed by atoms with Crippen LogP contribution < -0.4 is 0 Å². The molecule has 0 aliphatic carbocycles. The van der Waals surface area contributed by atoms with E-state index in [1.807, 2.05) is 0 Å². The standard InChI is InChI=1S/C9H20OS2/c1-4-6-8-12(10)11-9(3)7-5-2/h9H,4-8H2,1-3H3.